The van der Waals surface area contributed by atoms with Gasteiger partial charge in [0.05, 0.1) is 28.8 Å². The number of hydrogen-bond donors (Lipinski definition) is 2. The first kappa shape index (κ1) is 30.9. The molecule has 1 aliphatic rings. The lowest BCUT2D eigenvalue weighted by molar-refractivity contribution is -0.212. The summed E-state index contributed by atoms with van der Waals surface area (Å²) in [6, 6.07) is 7.19. The third-order valence-electron chi connectivity index (χ3n) is 5.69. The van der Waals surface area contributed by atoms with Crippen LogP contribution < -0.4 is 21.5 Å². The molecule has 1 aromatic carbocycles. The minimum atomic E-state index is -3.30. The largest absolute Gasteiger partial charge is 0.858 e. The predicted molar refractivity (Wildman–Crippen MR) is 155 cm³/mol. The number of benzene rings is 1. The molecular formula is C24H34ClN8O4PS. The molecule has 0 spiro atoms. The molecule has 39 heavy (non-hydrogen) atoms. The molecule has 1 fully saturated rings. The van der Waals surface area contributed by atoms with E-state index in [0.29, 0.717) is 71.8 Å². The summed E-state index contributed by atoms with van der Waals surface area (Å²) < 4.78 is 25.8. The second-order valence-electron chi connectivity index (χ2n) is 8.38. The maximum atomic E-state index is 13.1. The second-order valence-corrected chi connectivity index (χ2v) is 11.8. The van der Waals surface area contributed by atoms with E-state index in [1.165, 1.54) is 17.5 Å². The zero-order chi connectivity index (χ0) is 27.3. The molecule has 15 heteroatoms. The Hall–Kier alpha value is -2.64. The first-order valence-corrected chi connectivity index (χ1v) is 14.9. The standard InChI is InChI=1S/C24H31ClN7O4PS.H3N/c1-5-35-37(34,36-6-2)32-12-10-31(11-13-32)21-14-20(27-17(4)28-21)29-24-26-15-19(38-24)23(33)30-22-16(3)8-7-9-18(22)25;/h7-9,14-15H,5-6,10-13H2,1-4H3,(H,30,33)(H,26,27,28,29);1H3. The number of para-hydroxylation sites is 1. The van der Waals surface area contributed by atoms with Gasteiger partial charge in [0.25, 0.3) is 0 Å². The zero-order valence-electron chi connectivity index (χ0n) is 22.7. The monoisotopic (exact) mass is 596 g/mol. The fourth-order valence-corrected chi connectivity index (χ4v) is 6.63. The maximum Gasteiger partial charge on any atom is 0.408 e. The van der Waals surface area contributed by atoms with Crippen molar-refractivity contribution in [3.8, 4) is 0 Å². The molecule has 0 bridgehead atoms. The average Bonchev–Trinajstić information content (AvgIpc) is 3.35. The summed E-state index contributed by atoms with van der Waals surface area (Å²) in [6.45, 7) is 10.1. The van der Waals surface area contributed by atoms with Gasteiger partial charge in [0.15, 0.2) is 5.13 Å². The van der Waals surface area contributed by atoms with E-state index < -0.39 is 13.6 Å². The van der Waals surface area contributed by atoms with Gasteiger partial charge in [0.2, 0.25) is 0 Å². The van der Waals surface area contributed by atoms with Crippen molar-refractivity contribution in [1.82, 2.24) is 25.8 Å². The minimum absolute atomic E-state index is 0. The molecule has 0 amide bonds. The summed E-state index contributed by atoms with van der Waals surface area (Å²) in [5.74, 6) is 1.45. The number of thiazole rings is 1. The summed E-state index contributed by atoms with van der Waals surface area (Å²) in [4.78, 5) is 20.0. The first-order chi connectivity index (χ1) is 18.2. The molecule has 0 saturated carbocycles. The highest BCUT2D eigenvalue weighted by Crippen LogP contribution is 2.52. The van der Waals surface area contributed by atoms with Crippen molar-refractivity contribution in [1.29, 1.82) is 0 Å². The molecule has 5 N–H and O–H groups in total. The van der Waals surface area contributed by atoms with Gasteiger partial charge in [-0.05, 0) is 39.3 Å². The summed E-state index contributed by atoms with van der Waals surface area (Å²) in [7, 11) is -3.30. The number of nitrogens with zero attached hydrogens (tertiary/aromatic N) is 6. The molecule has 0 radical (unpaired) electrons. The Kier molecular flexibility index (Phi) is 10.8. The van der Waals surface area contributed by atoms with Gasteiger partial charge >= 0.3 is 7.75 Å². The van der Waals surface area contributed by atoms with Crippen LogP contribution in [-0.2, 0) is 13.6 Å². The summed E-state index contributed by atoms with van der Waals surface area (Å²) in [5.41, 5.74) is 1.27. The molecule has 12 nitrogen and oxygen atoms in total. The van der Waals surface area contributed by atoms with Gasteiger partial charge in [-0.1, -0.05) is 35.1 Å². The summed E-state index contributed by atoms with van der Waals surface area (Å²) in [6.07, 6.45) is 1.48. The van der Waals surface area contributed by atoms with Crippen LogP contribution in [-0.4, -0.2) is 64.9 Å². The van der Waals surface area contributed by atoms with Crippen LogP contribution in [0, 0.1) is 13.8 Å². The number of rotatable bonds is 10. The van der Waals surface area contributed by atoms with Crippen LogP contribution in [0.5, 0.6) is 0 Å². The number of halogens is 1. The number of nitrogens with one attached hydrogen (secondary N) is 1. The van der Waals surface area contributed by atoms with Crippen LogP contribution >= 0.6 is 30.7 Å². The molecule has 0 unspecified atom stereocenters. The molecule has 4 rings (SSSR count). The van der Waals surface area contributed by atoms with E-state index in [1.807, 2.05) is 32.0 Å². The van der Waals surface area contributed by atoms with Crippen molar-refractivity contribution in [2.24, 2.45) is 4.99 Å². The highest BCUT2D eigenvalue weighted by Gasteiger charge is 2.35. The van der Waals surface area contributed by atoms with Crippen molar-refractivity contribution in [2.45, 2.75) is 27.7 Å². The van der Waals surface area contributed by atoms with Crippen molar-refractivity contribution in [3.05, 3.63) is 51.7 Å². The quantitative estimate of drug-likeness (QED) is 0.183. The molecule has 2 aromatic heterocycles. The SMILES string of the molecule is CCOP(=O)(OCC)N1CCN(c2cc(Nc3ncc(C([O-])=Nc4c(C)cccc4Cl)s3)nc(C)n2)CC1.[NH4+]. The van der Waals surface area contributed by atoms with Crippen molar-refractivity contribution >= 4 is 59.0 Å². The Balaban J connectivity index is 0.00000420. The van der Waals surface area contributed by atoms with Gasteiger partial charge < -0.3 is 21.5 Å². The van der Waals surface area contributed by atoms with Crippen LogP contribution in [0.3, 0.4) is 0 Å². The maximum absolute atomic E-state index is 13.1. The van der Waals surface area contributed by atoms with Crippen LogP contribution in [0.4, 0.5) is 22.5 Å². The van der Waals surface area contributed by atoms with Gasteiger partial charge in [-0.3, -0.25) is 14.0 Å². The summed E-state index contributed by atoms with van der Waals surface area (Å²) in [5, 5.41) is 16.8. The van der Waals surface area contributed by atoms with E-state index >= 15 is 0 Å². The van der Waals surface area contributed by atoms with E-state index in [0.717, 1.165) is 11.4 Å². The molecule has 0 atom stereocenters. The highest BCUT2D eigenvalue weighted by molar-refractivity contribution is 7.51. The van der Waals surface area contributed by atoms with E-state index in [2.05, 4.69) is 30.2 Å². The van der Waals surface area contributed by atoms with Gasteiger partial charge in [-0.15, -0.1) is 0 Å². The lowest BCUT2D eigenvalue weighted by Gasteiger charge is -2.37. The Morgan fingerprint density at radius 3 is 2.51 bits per heavy atom. The Morgan fingerprint density at radius 2 is 1.87 bits per heavy atom. The predicted octanol–water partition coefficient (Wildman–Crippen LogP) is 5.06. The molecule has 1 saturated heterocycles. The van der Waals surface area contributed by atoms with Gasteiger partial charge in [0.1, 0.15) is 17.5 Å². The number of aryl methyl sites for hydroxylation is 2. The topological polar surface area (TPSA) is 165 Å². The van der Waals surface area contributed by atoms with Crippen LogP contribution in [0.15, 0.2) is 35.5 Å². The minimum Gasteiger partial charge on any atom is -0.858 e. The van der Waals surface area contributed by atoms with E-state index in [4.69, 9.17) is 20.6 Å². The lowest BCUT2D eigenvalue weighted by atomic mass is 10.2. The second kappa shape index (κ2) is 13.6. The fourth-order valence-electron chi connectivity index (χ4n) is 3.94. The molecular weight excluding hydrogens is 563 g/mol. The molecule has 212 valence electrons. The molecule has 1 aliphatic heterocycles. The number of aliphatic imine (C=N–C) groups is 1. The Labute approximate surface area is 237 Å². The normalized spacial score (nSPS) is 14.8. The number of piperazine rings is 1. The van der Waals surface area contributed by atoms with E-state index in [-0.39, 0.29) is 6.15 Å². The van der Waals surface area contributed by atoms with Crippen molar-refractivity contribution in [2.75, 3.05) is 49.6 Å². The Morgan fingerprint density at radius 1 is 1.18 bits per heavy atom. The third kappa shape index (κ3) is 7.52. The van der Waals surface area contributed by atoms with Crippen LogP contribution in [0.2, 0.25) is 5.02 Å². The number of hydrogen-bond acceptors (Lipinski definition) is 11. The lowest BCUT2D eigenvalue weighted by Crippen LogP contribution is -2.45. The van der Waals surface area contributed by atoms with Crippen LogP contribution in [0.1, 0.15) is 30.1 Å². The number of quaternary nitrogens is 1. The summed E-state index contributed by atoms with van der Waals surface area (Å²) >= 11 is 7.39. The molecule has 3 heterocycles. The molecule has 0 aliphatic carbocycles. The van der Waals surface area contributed by atoms with Gasteiger partial charge in [-0.2, -0.15) is 0 Å². The third-order valence-corrected chi connectivity index (χ3v) is 9.16. The van der Waals surface area contributed by atoms with E-state index in [1.54, 1.807) is 24.6 Å². The highest BCUT2D eigenvalue weighted by atomic mass is 35.5. The smallest absolute Gasteiger partial charge is 0.408 e. The zero-order valence-corrected chi connectivity index (χ0v) is 25.1. The van der Waals surface area contributed by atoms with Gasteiger partial charge in [-0.25, -0.2) is 24.2 Å². The first-order valence-electron chi connectivity index (χ1n) is 12.2. The number of aromatic nitrogens is 3. The fraction of sp³-hybridized carbons (Fsp3) is 0.417. The Bertz CT molecular complexity index is 1320. The van der Waals surface area contributed by atoms with Gasteiger partial charge in [0, 0.05) is 44.3 Å². The number of anilines is 3. The molecule has 3 aromatic rings. The average molecular weight is 597 g/mol. The van der Waals surface area contributed by atoms with Crippen molar-refractivity contribution in [3.63, 3.8) is 0 Å². The van der Waals surface area contributed by atoms with E-state index in [9.17, 15) is 9.67 Å². The van der Waals surface area contributed by atoms with Crippen LogP contribution in [0.25, 0.3) is 0 Å². The van der Waals surface area contributed by atoms with Crippen molar-refractivity contribution < 1.29 is 18.7 Å².